The van der Waals surface area contributed by atoms with Crippen molar-refractivity contribution in [3.05, 3.63) is 29.6 Å². The average Bonchev–Trinajstić information content (AvgIpc) is 2.67. The molecular formula is C14H19FN2. The molecule has 3 heteroatoms. The molecule has 1 N–H and O–H groups in total. The highest BCUT2D eigenvalue weighted by Crippen LogP contribution is 2.42. The molecule has 0 spiro atoms. The van der Waals surface area contributed by atoms with Crippen molar-refractivity contribution < 1.29 is 4.39 Å². The maximum Gasteiger partial charge on any atom is 0.123 e. The molecule has 1 aromatic carbocycles. The smallest absolute Gasteiger partial charge is 0.123 e. The van der Waals surface area contributed by atoms with Gasteiger partial charge in [-0.05, 0) is 55.6 Å². The molecule has 1 atom stereocenters. The van der Waals surface area contributed by atoms with Crippen LogP contribution in [0.2, 0.25) is 0 Å². The van der Waals surface area contributed by atoms with Gasteiger partial charge in [0, 0.05) is 25.2 Å². The lowest BCUT2D eigenvalue weighted by atomic mass is 9.81. The largest absolute Gasteiger partial charge is 0.374 e. The van der Waals surface area contributed by atoms with Gasteiger partial charge in [-0.15, -0.1) is 0 Å². The van der Waals surface area contributed by atoms with Gasteiger partial charge in [0.1, 0.15) is 5.82 Å². The van der Waals surface area contributed by atoms with E-state index >= 15 is 0 Å². The number of fused-ring (bicyclic) bond motifs is 1. The fourth-order valence-corrected chi connectivity index (χ4v) is 3.31. The Kier molecular flexibility index (Phi) is 2.79. The van der Waals surface area contributed by atoms with Crippen LogP contribution in [-0.4, -0.2) is 26.7 Å². The summed E-state index contributed by atoms with van der Waals surface area (Å²) in [5.41, 5.74) is 2.44. The first-order valence-electron chi connectivity index (χ1n) is 6.47. The van der Waals surface area contributed by atoms with Crippen molar-refractivity contribution in [2.75, 3.05) is 31.6 Å². The van der Waals surface area contributed by atoms with Crippen LogP contribution in [0.3, 0.4) is 0 Å². The van der Waals surface area contributed by atoms with E-state index in [9.17, 15) is 4.39 Å². The van der Waals surface area contributed by atoms with Gasteiger partial charge in [0.05, 0.1) is 0 Å². The molecular weight excluding hydrogens is 215 g/mol. The van der Waals surface area contributed by atoms with Crippen molar-refractivity contribution >= 4 is 5.69 Å². The van der Waals surface area contributed by atoms with Crippen LogP contribution in [0.25, 0.3) is 0 Å². The van der Waals surface area contributed by atoms with Crippen LogP contribution in [0, 0.1) is 11.7 Å². The summed E-state index contributed by atoms with van der Waals surface area (Å²) in [6, 6.07) is 5.23. The number of hydrogen-bond donors (Lipinski definition) is 1. The molecule has 2 heterocycles. The van der Waals surface area contributed by atoms with E-state index in [1.165, 1.54) is 24.1 Å². The first-order valence-corrected chi connectivity index (χ1v) is 6.47. The van der Waals surface area contributed by atoms with Gasteiger partial charge in [0.15, 0.2) is 0 Å². The minimum Gasteiger partial charge on any atom is -0.374 e. The Hall–Kier alpha value is -1.09. The molecule has 0 aliphatic carbocycles. The third-order valence-corrected chi connectivity index (χ3v) is 4.22. The molecule has 1 aromatic rings. The van der Waals surface area contributed by atoms with Crippen molar-refractivity contribution in [2.24, 2.45) is 5.92 Å². The highest BCUT2D eigenvalue weighted by Gasteiger charge is 2.33. The fourth-order valence-electron chi connectivity index (χ4n) is 3.31. The summed E-state index contributed by atoms with van der Waals surface area (Å²) in [6.07, 6.45) is 2.43. The quantitative estimate of drug-likeness (QED) is 0.802. The Balaban J connectivity index is 1.91. The molecule has 0 aromatic heterocycles. The normalized spacial score (nSPS) is 25.1. The van der Waals surface area contributed by atoms with Gasteiger partial charge in [-0.3, -0.25) is 0 Å². The Morgan fingerprint density at radius 3 is 2.82 bits per heavy atom. The van der Waals surface area contributed by atoms with Crippen LogP contribution in [0.15, 0.2) is 18.2 Å². The average molecular weight is 234 g/mol. The zero-order chi connectivity index (χ0) is 11.8. The number of piperidine rings is 1. The van der Waals surface area contributed by atoms with Crippen molar-refractivity contribution in [2.45, 2.75) is 18.8 Å². The predicted molar refractivity (Wildman–Crippen MR) is 68.0 cm³/mol. The Labute approximate surface area is 102 Å². The first-order chi connectivity index (χ1) is 8.25. The van der Waals surface area contributed by atoms with Gasteiger partial charge >= 0.3 is 0 Å². The summed E-state index contributed by atoms with van der Waals surface area (Å²) in [4.78, 5) is 2.27. The van der Waals surface area contributed by atoms with E-state index < -0.39 is 0 Å². The lowest BCUT2D eigenvalue weighted by molar-refractivity contribution is 0.326. The van der Waals surface area contributed by atoms with Crippen LogP contribution >= 0.6 is 0 Å². The van der Waals surface area contributed by atoms with Crippen LogP contribution in [0.4, 0.5) is 10.1 Å². The Bertz CT molecular complexity index is 413. The zero-order valence-corrected chi connectivity index (χ0v) is 10.2. The number of halogens is 1. The summed E-state index contributed by atoms with van der Waals surface area (Å²) < 4.78 is 13.4. The highest BCUT2D eigenvalue weighted by molar-refractivity contribution is 5.60. The maximum absolute atomic E-state index is 13.4. The number of benzene rings is 1. The lowest BCUT2D eigenvalue weighted by Gasteiger charge is -2.28. The maximum atomic E-state index is 13.4. The molecule has 1 unspecified atom stereocenters. The summed E-state index contributed by atoms with van der Waals surface area (Å²) in [7, 11) is 2.11. The molecule has 0 bridgehead atoms. The van der Waals surface area contributed by atoms with E-state index in [1.807, 2.05) is 6.07 Å². The molecule has 0 amide bonds. The molecule has 0 radical (unpaired) electrons. The number of rotatable bonds is 1. The first kappa shape index (κ1) is 11.0. The number of nitrogens with zero attached hydrogens (tertiary/aromatic N) is 1. The molecule has 2 aliphatic heterocycles. The molecule has 1 saturated heterocycles. The van der Waals surface area contributed by atoms with E-state index in [0.29, 0.717) is 11.8 Å². The SMILES string of the molecule is CN1CC(C2CCNCC2)c2cc(F)ccc21. The predicted octanol–water partition coefficient (Wildman–Crippen LogP) is 2.36. The molecule has 2 nitrogen and oxygen atoms in total. The molecule has 2 aliphatic rings. The lowest BCUT2D eigenvalue weighted by Crippen LogP contribution is -2.32. The van der Waals surface area contributed by atoms with Gasteiger partial charge in [-0.25, -0.2) is 4.39 Å². The fraction of sp³-hybridized carbons (Fsp3) is 0.571. The van der Waals surface area contributed by atoms with E-state index in [2.05, 4.69) is 17.3 Å². The van der Waals surface area contributed by atoms with Crippen LogP contribution in [-0.2, 0) is 0 Å². The van der Waals surface area contributed by atoms with Crippen molar-refractivity contribution in [1.82, 2.24) is 5.32 Å². The Morgan fingerprint density at radius 2 is 2.06 bits per heavy atom. The number of likely N-dealkylation sites (N-methyl/N-ethyl adjacent to an activating group) is 1. The summed E-state index contributed by atoms with van der Waals surface area (Å²) in [5.74, 6) is 1.13. The summed E-state index contributed by atoms with van der Waals surface area (Å²) in [5, 5.41) is 3.40. The number of anilines is 1. The van der Waals surface area contributed by atoms with E-state index in [0.717, 1.165) is 19.6 Å². The third kappa shape index (κ3) is 1.93. The van der Waals surface area contributed by atoms with Gasteiger partial charge in [-0.2, -0.15) is 0 Å². The van der Waals surface area contributed by atoms with Gasteiger partial charge in [0.2, 0.25) is 0 Å². The number of nitrogens with one attached hydrogen (secondary N) is 1. The second-order valence-electron chi connectivity index (χ2n) is 5.28. The molecule has 1 fully saturated rings. The van der Waals surface area contributed by atoms with E-state index in [4.69, 9.17) is 0 Å². The minimum absolute atomic E-state index is 0.0991. The van der Waals surface area contributed by atoms with E-state index in [-0.39, 0.29) is 5.82 Å². The Morgan fingerprint density at radius 1 is 1.29 bits per heavy atom. The van der Waals surface area contributed by atoms with Gasteiger partial charge in [-0.1, -0.05) is 0 Å². The van der Waals surface area contributed by atoms with Gasteiger partial charge < -0.3 is 10.2 Å². The molecule has 17 heavy (non-hydrogen) atoms. The molecule has 3 rings (SSSR count). The van der Waals surface area contributed by atoms with E-state index in [1.54, 1.807) is 12.1 Å². The third-order valence-electron chi connectivity index (χ3n) is 4.22. The zero-order valence-electron chi connectivity index (χ0n) is 10.2. The summed E-state index contributed by atoms with van der Waals surface area (Å²) >= 11 is 0. The van der Waals surface area contributed by atoms with Crippen LogP contribution < -0.4 is 10.2 Å². The van der Waals surface area contributed by atoms with Crippen LogP contribution in [0.5, 0.6) is 0 Å². The minimum atomic E-state index is -0.0991. The number of hydrogen-bond acceptors (Lipinski definition) is 2. The van der Waals surface area contributed by atoms with Crippen LogP contribution in [0.1, 0.15) is 24.3 Å². The van der Waals surface area contributed by atoms with Crippen molar-refractivity contribution in [3.63, 3.8) is 0 Å². The summed E-state index contributed by atoms with van der Waals surface area (Å²) in [6.45, 7) is 3.26. The second kappa shape index (κ2) is 4.30. The van der Waals surface area contributed by atoms with Gasteiger partial charge in [0.25, 0.3) is 0 Å². The van der Waals surface area contributed by atoms with Crippen molar-refractivity contribution in [3.8, 4) is 0 Å². The highest BCUT2D eigenvalue weighted by atomic mass is 19.1. The van der Waals surface area contributed by atoms with Crippen molar-refractivity contribution in [1.29, 1.82) is 0 Å². The standard InChI is InChI=1S/C14H19FN2/c1-17-9-13(10-4-6-16-7-5-10)12-8-11(15)2-3-14(12)17/h2-3,8,10,13,16H,4-7,9H2,1H3. The monoisotopic (exact) mass is 234 g/mol. The molecule has 92 valence electrons. The molecule has 0 saturated carbocycles. The topological polar surface area (TPSA) is 15.3 Å². The second-order valence-corrected chi connectivity index (χ2v) is 5.28.